The van der Waals surface area contributed by atoms with Crippen LogP contribution in [0.5, 0.6) is 0 Å². The molecule has 12 rings (SSSR count). The Labute approximate surface area is 770 Å². The summed E-state index contributed by atoms with van der Waals surface area (Å²) in [4.78, 5) is 75.3. The number of benzene rings is 3. The zero-order chi connectivity index (χ0) is 88.9. The van der Waals surface area contributed by atoms with E-state index >= 15 is 0 Å². The summed E-state index contributed by atoms with van der Waals surface area (Å²) in [5, 5.41) is 38.6. The Hall–Kier alpha value is -6.08. The summed E-state index contributed by atoms with van der Waals surface area (Å²) in [5.74, 6) is 5.22. The van der Waals surface area contributed by atoms with Gasteiger partial charge in [-0.15, -0.1) is 23.2 Å². The van der Waals surface area contributed by atoms with Crippen molar-refractivity contribution in [2.45, 2.75) is 276 Å². The molecule has 3 aromatic rings. The first-order valence-electron chi connectivity index (χ1n) is 41.6. The molecule has 3 aromatic carbocycles. The number of nitrogens with zero attached hydrogens (tertiary/aromatic N) is 8. The molecule has 6 heterocycles. The number of carbonyl (C=O) groups is 5. The smallest absolute Gasteiger partial charge is 0.812 e. The molecular weight excluding hydrogens is 1730 g/mol. The molecule has 676 valence electrons. The van der Waals surface area contributed by atoms with E-state index in [0.717, 1.165) is 139 Å². The summed E-state index contributed by atoms with van der Waals surface area (Å²) >= 11 is 13.1. The normalized spacial score (nSPS) is 22.3. The summed E-state index contributed by atoms with van der Waals surface area (Å²) < 4.78 is 81.9. The van der Waals surface area contributed by atoms with E-state index < -0.39 is 58.7 Å². The number of halogens is 3. The third kappa shape index (κ3) is 30.6. The van der Waals surface area contributed by atoms with Crippen molar-refractivity contribution >= 4 is 140 Å². The number of carboxylic acid groups (broad SMARTS) is 1. The molecule has 3 saturated heterocycles. The molecule has 0 unspecified atom stereocenters. The van der Waals surface area contributed by atoms with Crippen molar-refractivity contribution < 1.29 is 89.0 Å². The minimum atomic E-state index is -3.68. The van der Waals surface area contributed by atoms with Crippen molar-refractivity contribution in [2.75, 3.05) is 54.8 Å². The van der Waals surface area contributed by atoms with Gasteiger partial charge in [-0.1, -0.05) is 123 Å². The number of urea groups is 1. The van der Waals surface area contributed by atoms with Crippen molar-refractivity contribution in [2.24, 2.45) is 62.1 Å². The molecule has 33 heteroatoms. The molecule has 3 aliphatic carbocycles. The number of amidine groups is 3. The number of piperidine rings is 3. The molecule has 9 aliphatic rings. The number of carboxylic acids is 1. The molecule has 0 bridgehead atoms. The Balaban J connectivity index is 0.000000420. The van der Waals surface area contributed by atoms with Gasteiger partial charge in [0.2, 0.25) is 30.1 Å². The van der Waals surface area contributed by atoms with Crippen molar-refractivity contribution in [3.8, 4) is 6.26 Å². The first-order valence-corrected chi connectivity index (χ1v) is 48.0. The number of aliphatic imine (C=N–C) groups is 3. The number of nitriles is 1. The molecule has 3 spiro atoms. The number of hydrogen-bond acceptors (Lipinski definition) is 17. The molecule has 26 nitrogen and oxygen atoms in total. The number of aryl methyl sites for hydroxylation is 6. The molecule has 0 atom stereocenters. The number of carbonyl (C=O) groups excluding carboxylic acids is 4. The van der Waals surface area contributed by atoms with Crippen LogP contribution in [0.2, 0.25) is 0 Å². The molecule has 3 saturated carbocycles. The van der Waals surface area contributed by atoms with Crippen molar-refractivity contribution in [1.82, 2.24) is 28.9 Å². The number of primary amides is 1. The van der Waals surface area contributed by atoms with Crippen molar-refractivity contribution in [1.29, 1.82) is 5.26 Å². The molecule has 6 aliphatic heterocycles. The number of nitrogens with two attached hydrogens (primary N) is 1. The fraction of sp³-hybridized carbons (Fsp3) is 0.629. The van der Waals surface area contributed by atoms with E-state index in [1.165, 1.54) is 81.2 Å². The van der Waals surface area contributed by atoms with Gasteiger partial charge >= 0.3 is 35.6 Å². The quantitative estimate of drug-likeness (QED) is 0.0415. The van der Waals surface area contributed by atoms with E-state index in [1.807, 2.05) is 53.7 Å². The predicted molar refractivity (Wildman–Crippen MR) is 495 cm³/mol. The average Bonchev–Trinajstić information content (AvgIpc) is 1.63. The standard InChI is InChI=1S/C28H41N5O4S.C28H41N3O3S.C16H25N3O3S.C11H16BrN.C2H4O2.CH2Cl2.CHNO.2CH4.Na/c1-18(2)33(27(29)35)23-16-20(4)24(21(5)17-23)10-15-38(36,37)32-13-11-28(12-14-32)26(34)30-25(31-28)22-8-6-19(3)7-9-22;1-19(2)16-23-17-21(4)25(22(5)18-23)10-15-35(33,34)31-13-11-28(12-14-31)27(32)29-26(30-28)24-8-6-20(3)7-9-24;1-3-23(21,22)19-10-8-16(9-11-19)15(20)17-14(18-16)13-6-4-12(2)5-7-13;1-7(2)13-10-5-8(3)11(12)9(4)6-10;1-2(3)4;2*2-1-3;;;/h10,15-19,22H,6-9,11-14H2,1-5H3,(H2,29,35)(H,30,31,34);10,15,17-20,24H,6-9,11-14,16H2,1-5H3,(H,29,30,32);3,12-13H,1,4-11H2,2H3,(H,17,18,20);5-7,13H,1-4H3;1H3,(H,3,4);1H2;3H;2*1H4;/q;;;;;;;;;+1/p-1/b2*15-10+;;;;;;;;. The number of rotatable bonds is 17. The number of amides is 5. The Morgan fingerprint density at radius 1 is 0.598 bits per heavy atom. The van der Waals surface area contributed by atoms with Crippen LogP contribution >= 0.6 is 39.1 Å². The number of nitrogens with one attached hydrogen (secondary N) is 4. The molecule has 0 aromatic heterocycles. The molecule has 122 heavy (non-hydrogen) atoms. The van der Waals surface area contributed by atoms with Gasteiger partial charge in [0.05, 0.1) is 5.34 Å². The van der Waals surface area contributed by atoms with Crippen LogP contribution in [0.1, 0.15) is 250 Å². The van der Waals surface area contributed by atoms with E-state index in [2.05, 4.69) is 130 Å². The van der Waals surface area contributed by atoms with Crippen LogP contribution in [0.4, 0.5) is 16.2 Å². The summed E-state index contributed by atoms with van der Waals surface area (Å²) in [7, 11) is -10.7. The summed E-state index contributed by atoms with van der Waals surface area (Å²) in [6.45, 7) is 37.5. The van der Waals surface area contributed by atoms with Crippen LogP contribution in [0, 0.1) is 94.5 Å². The molecular formula is C89H137BrCl2N13NaO13S3. The van der Waals surface area contributed by atoms with Crippen LogP contribution in [-0.2, 0) is 55.7 Å². The number of aliphatic carboxylic acids is 1. The van der Waals surface area contributed by atoms with E-state index in [1.54, 1.807) is 12.2 Å². The van der Waals surface area contributed by atoms with E-state index in [4.69, 9.17) is 64.2 Å². The summed E-state index contributed by atoms with van der Waals surface area (Å²) in [6, 6.07) is 12.2. The second-order valence-corrected chi connectivity index (χ2v) is 41.5. The second kappa shape index (κ2) is 49.3. The zero-order valence-corrected chi connectivity index (χ0v) is 81.0. The van der Waals surface area contributed by atoms with E-state index in [9.17, 15) is 44.4 Å². The topological polar surface area (TPSA) is 379 Å². The van der Waals surface area contributed by atoms with Crippen molar-refractivity contribution in [3.63, 3.8) is 0 Å². The number of alkyl halides is 2. The monoisotopic (exact) mass is 1860 g/mol. The van der Waals surface area contributed by atoms with Gasteiger partial charge in [-0.3, -0.25) is 39.1 Å². The van der Waals surface area contributed by atoms with Crippen LogP contribution in [0.3, 0.4) is 0 Å². The van der Waals surface area contributed by atoms with Gasteiger partial charge in [0.1, 0.15) is 34.1 Å². The van der Waals surface area contributed by atoms with Crippen LogP contribution in [-0.4, -0.2) is 164 Å². The SMILES string of the molecule is C.C.C=CS(=O)(=O)N1CCC2(CC1)N=C(C1CCC(C)CC1)NC2=O.CC(=O)O.Cc1cc(CC(C)C)cc(C)c1/C=C/S(=O)(=O)N1CCC2(CC1)N=C(C1CCC(C)CC1)NC2=O.Cc1cc(N(C(N)=O)C(C)C)cc(C)c1/C=C/S(=O)(=O)N1CCC2(CC1)N=C(C1CCC(C)CC1)NC2=O.Cc1cc(NC(C)C)cc(C)c1Br.ClCCl.N#C[O-].[Na+]. The fourth-order valence-electron chi connectivity index (χ4n) is 17.1. The van der Waals surface area contributed by atoms with Gasteiger partial charge in [-0.05, 0) is 263 Å². The zero-order valence-electron chi connectivity index (χ0n) is 73.5. The Kier molecular flexibility index (Phi) is 44.5. The van der Waals surface area contributed by atoms with E-state index in [-0.39, 0.29) is 86.6 Å². The first-order chi connectivity index (χ1) is 55.7. The molecule has 6 fully saturated rings. The minimum absolute atomic E-state index is 0. The largest absolute Gasteiger partial charge is 1.00 e. The Morgan fingerprint density at radius 3 is 1.13 bits per heavy atom. The van der Waals surface area contributed by atoms with E-state index in [0.29, 0.717) is 106 Å². The molecule has 0 radical (unpaired) electrons. The number of anilines is 2. The maximum absolute atomic E-state index is 13.2. The van der Waals surface area contributed by atoms with Crippen molar-refractivity contribution in [3.05, 3.63) is 114 Å². The summed E-state index contributed by atoms with van der Waals surface area (Å²) in [6.07, 6.45) is 20.7. The number of hydrogen-bond donors (Lipinski definition) is 6. The first kappa shape index (κ1) is 110. The third-order valence-corrected chi connectivity index (χ3v) is 29.6. The summed E-state index contributed by atoms with van der Waals surface area (Å²) in [5.41, 5.74) is 14.5. The maximum atomic E-state index is 13.2. The number of sulfonamides is 3. The maximum Gasteiger partial charge on any atom is 1.00 e. The molecule has 5 amide bonds. The van der Waals surface area contributed by atoms with Crippen LogP contribution in [0.15, 0.2) is 78.7 Å². The van der Waals surface area contributed by atoms with Gasteiger partial charge in [0.25, 0.3) is 23.7 Å². The van der Waals surface area contributed by atoms with Gasteiger partial charge < -0.3 is 37.2 Å². The van der Waals surface area contributed by atoms with Crippen LogP contribution in [0.25, 0.3) is 12.2 Å². The fourth-order valence-corrected chi connectivity index (χ4v) is 20.5. The Morgan fingerprint density at radius 2 is 0.877 bits per heavy atom. The van der Waals surface area contributed by atoms with Gasteiger partial charge in [0.15, 0.2) is 0 Å². The van der Waals surface area contributed by atoms with Gasteiger partial charge in [-0.25, -0.2) is 35.3 Å². The second-order valence-electron chi connectivity index (χ2n) is 34.4. The van der Waals surface area contributed by atoms with Gasteiger partial charge in [0, 0.05) is 114 Å². The predicted octanol–water partition coefficient (Wildman–Crippen LogP) is 13.2. The average molecular weight is 1870 g/mol. The van der Waals surface area contributed by atoms with Crippen LogP contribution < -0.4 is 66.6 Å². The third-order valence-electron chi connectivity index (χ3n) is 23.8. The Bertz CT molecular complexity index is 4550. The van der Waals surface area contributed by atoms with Gasteiger partial charge in [-0.2, -0.15) is 12.9 Å². The minimum Gasteiger partial charge on any atom is -0.812 e. The molecule has 7 N–H and O–H groups in total.